The van der Waals surface area contributed by atoms with Crippen LogP contribution in [0.15, 0.2) is 0 Å². The molecule has 0 radical (unpaired) electrons. The monoisotopic (exact) mass is 222 g/mol. The van der Waals surface area contributed by atoms with Gasteiger partial charge < -0.3 is 0 Å². The van der Waals surface area contributed by atoms with Gasteiger partial charge in [0, 0.05) is 4.92 Å². The van der Waals surface area contributed by atoms with Crippen molar-refractivity contribution in [2.24, 2.45) is 0 Å². The second-order valence-electron chi connectivity index (χ2n) is 2.68. The number of hydrogen-bond acceptors (Lipinski definition) is 7. The van der Waals surface area contributed by atoms with Gasteiger partial charge >= 0.3 is 0 Å². The van der Waals surface area contributed by atoms with E-state index in [9.17, 15) is 30.3 Å². The molecule has 1 aliphatic rings. The Morgan fingerprint density at radius 1 is 1.00 bits per heavy atom. The van der Waals surface area contributed by atoms with Gasteiger partial charge in [-0.1, -0.05) is 0 Å². The second-order valence-corrected chi connectivity index (χ2v) is 2.68. The van der Waals surface area contributed by atoms with Crippen molar-refractivity contribution in [3.05, 3.63) is 30.3 Å². The molecule has 15 heavy (non-hydrogen) atoms. The molecule has 1 aliphatic heterocycles. The van der Waals surface area contributed by atoms with Crippen molar-refractivity contribution in [1.29, 1.82) is 0 Å². The molecule has 0 bridgehead atoms. The lowest BCUT2D eigenvalue weighted by Crippen LogP contribution is -2.65. The molecule has 1 saturated heterocycles. The lowest BCUT2D eigenvalue weighted by atomic mass is 10.3. The number of hydrogen-bond donors (Lipinski definition) is 1. The smallest absolute Gasteiger partial charge is 0.262 e. The van der Waals surface area contributed by atoms with Gasteiger partial charge in [0.05, 0.1) is 0 Å². The van der Waals surface area contributed by atoms with Gasteiger partial charge in [-0.25, -0.2) is 20.2 Å². The third kappa shape index (κ3) is 2.37. The first-order valence-corrected chi connectivity index (χ1v) is 3.65. The highest BCUT2D eigenvalue weighted by molar-refractivity contribution is 4.63. The highest BCUT2D eigenvalue weighted by atomic mass is 16.7. The van der Waals surface area contributed by atoms with Crippen LogP contribution in [0, 0.1) is 30.3 Å². The minimum absolute atomic E-state index is 0.194. The topological polar surface area (TPSA) is 148 Å². The fraction of sp³-hybridized carbons (Fsp3) is 1.00. The normalized spacial score (nSPS) is 17.6. The molecule has 12 heteroatoms. The number of nitro groups is 3. The van der Waals surface area contributed by atoms with Crippen molar-refractivity contribution in [1.82, 2.24) is 15.8 Å². The quantitative estimate of drug-likeness (QED) is 0.424. The van der Waals surface area contributed by atoms with Crippen LogP contribution in [0.25, 0.3) is 0 Å². The van der Waals surface area contributed by atoms with Gasteiger partial charge in [-0.05, 0) is 15.8 Å². The van der Waals surface area contributed by atoms with Crippen molar-refractivity contribution in [2.45, 2.75) is 6.04 Å². The Labute approximate surface area is 81.4 Å². The van der Waals surface area contributed by atoms with Gasteiger partial charge in [0.1, 0.15) is 0 Å². The van der Waals surface area contributed by atoms with Crippen LogP contribution in [-0.4, -0.2) is 44.4 Å². The SMILES string of the molecule is O=[N+]([O-])C1CN([N+](=O)[O-])NN([N+](=O)[O-])C1. The van der Waals surface area contributed by atoms with Crippen molar-refractivity contribution >= 4 is 0 Å². The predicted molar refractivity (Wildman–Crippen MR) is 41.3 cm³/mol. The standard InChI is InChI=1S/C3H6N6O6/c10-7(11)3-1-5(8(12)13)4-6(2-3)9(14)15/h3-4H,1-2H2. The number of hydrazine groups is 4. The molecule has 12 nitrogen and oxygen atoms in total. The summed E-state index contributed by atoms with van der Waals surface area (Å²) in [6.45, 7) is -1.07. The zero-order valence-electron chi connectivity index (χ0n) is 7.18. The number of rotatable bonds is 3. The zero-order valence-corrected chi connectivity index (χ0v) is 7.18. The summed E-state index contributed by atoms with van der Waals surface area (Å²) in [5.74, 6) is 0. The van der Waals surface area contributed by atoms with E-state index in [4.69, 9.17) is 0 Å². The summed E-state index contributed by atoms with van der Waals surface area (Å²) in [5, 5.41) is 29.3. The minimum atomic E-state index is -1.39. The third-order valence-electron chi connectivity index (χ3n) is 1.69. The molecule has 0 unspecified atom stereocenters. The molecule has 0 spiro atoms. The maximum atomic E-state index is 10.4. The zero-order chi connectivity index (χ0) is 11.6. The van der Waals surface area contributed by atoms with Crippen LogP contribution in [0.3, 0.4) is 0 Å². The molecule has 0 aliphatic carbocycles. The Hall–Kier alpha value is -2.24. The van der Waals surface area contributed by atoms with E-state index in [0.29, 0.717) is 0 Å². The molecule has 1 N–H and O–H groups in total. The molecule has 0 aromatic carbocycles. The highest BCUT2D eigenvalue weighted by Gasteiger charge is 2.42. The van der Waals surface area contributed by atoms with E-state index >= 15 is 0 Å². The van der Waals surface area contributed by atoms with Gasteiger partial charge in [-0.15, -0.1) is 0 Å². The van der Waals surface area contributed by atoms with E-state index in [-0.39, 0.29) is 10.2 Å². The molecule has 0 aromatic rings. The Bertz CT molecular complexity index is 252. The Balaban J connectivity index is 2.77. The van der Waals surface area contributed by atoms with Crippen LogP contribution in [0.5, 0.6) is 0 Å². The van der Waals surface area contributed by atoms with E-state index in [1.807, 2.05) is 0 Å². The van der Waals surface area contributed by atoms with E-state index in [1.54, 1.807) is 5.53 Å². The van der Waals surface area contributed by atoms with Crippen LogP contribution in [0.4, 0.5) is 0 Å². The van der Waals surface area contributed by atoms with E-state index < -0.39 is 34.1 Å². The van der Waals surface area contributed by atoms with Crippen molar-refractivity contribution in [2.75, 3.05) is 13.1 Å². The van der Waals surface area contributed by atoms with Crippen LogP contribution >= 0.6 is 0 Å². The van der Waals surface area contributed by atoms with Gasteiger partial charge in [0.25, 0.3) is 6.04 Å². The van der Waals surface area contributed by atoms with Crippen LogP contribution in [0.1, 0.15) is 0 Å². The van der Waals surface area contributed by atoms with Gasteiger partial charge in [0.15, 0.2) is 23.2 Å². The Morgan fingerprint density at radius 2 is 1.40 bits per heavy atom. The Kier molecular flexibility index (Phi) is 2.80. The summed E-state index contributed by atoms with van der Waals surface area (Å²) in [6, 6.07) is -1.39. The largest absolute Gasteiger partial charge is 0.264 e. The molecule has 84 valence electrons. The molecule has 0 amide bonds. The predicted octanol–water partition coefficient (Wildman–Crippen LogP) is -1.95. The van der Waals surface area contributed by atoms with E-state index in [0.717, 1.165) is 0 Å². The van der Waals surface area contributed by atoms with E-state index in [2.05, 4.69) is 0 Å². The van der Waals surface area contributed by atoms with Gasteiger partial charge in [-0.2, -0.15) is 0 Å². The molecule has 1 heterocycles. The highest BCUT2D eigenvalue weighted by Crippen LogP contribution is 2.04. The number of nitrogens with one attached hydrogen (secondary N) is 1. The summed E-state index contributed by atoms with van der Waals surface area (Å²) in [4.78, 5) is 30.1. The fourth-order valence-electron chi connectivity index (χ4n) is 1.01. The molecule has 0 saturated carbocycles. The fourth-order valence-corrected chi connectivity index (χ4v) is 1.01. The Morgan fingerprint density at radius 3 is 1.67 bits per heavy atom. The van der Waals surface area contributed by atoms with Crippen LogP contribution < -0.4 is 5.53 Å². The first kappa shape index (κ1) is 10.8. The van der Waals surface area contributed by atoms with Crippen LogP contribution in [0.2, 0.25) is 0 Å². The molecule has 0 aromatic heterocycles. The summed E-state index contributed by atoms with van der Waals surface area (Å²) in [5.41, 5.74) is 1.80. The van der Waals surface area contributed by atoms with E-state index in [1.165, 1.54) is 0 Å². The molecule has 0 atom stereocenters. The third-order valence-corrected chi connectivity index (χ3v) is 1.69. The maximum Gasteiger partial charge on any atom is 0.262 e. The first-order valence-electron chi connectivity index (χ1n) is 3.65. The first-order chi connectivity index (χ1) is 6.91. The summed E-state index contributed by atoms with van der Waals surface area (Å²) in [6.07, 6.45) is 0. The minimum Gasteiger partial charge on any atom is -0.264 e. The average molecular weight is 222 g/mol. The molecular weight excluding hydrogens is 216 g/mol. The van der Waals surface area contributed by atoms with Crippen LogP contribution in [-0.2, 0) is 0 Å². The average Bonchev–Trinajstić information content (AvgIpc) is 2.16. The summed E-state index contributed by atoms with van der Waals surface area (Å²) in [7, 11) is 0. The van der Waals surface area contributed by atoms with Crippen molar-refractivity contribution in [3.63, 3.8) is 0 Å². The molecule has 1 fully saturated rings. The summed E-state index contributed by atoms with van der Waals surface area (Å²) < 4.78 is 0. The molecule has 1 rings (SSSR count). The van der Waals surface area contributed by atoms with Crippen molar-refractivity contribution < 1.29 is 15.0 Å². The lowest BCUT2D eigenvalue weighted by molar-refractivity contribution is -0.760. The van der Waals surface area contributed by atoms with Gasteiger partial charge in [-0.3, -0.25) is 10.1 Å². The van der Waals surface area contributed by atoms with Gasteiger partial charge in [0.2, 0.25) is 0 Å². The maximum absolute atomic E-state index is 10.4. The second kappa shape index (κ2) is 3.87. The lowest BCUT2D eigenvalue weighted by Gasteiger charge is -2.25. The number of nitrogens with zero attached hydrogens (tertiary/aromatic N) is 5. The molecular formula is C3H6N6O6. The summed E-state index contributed by atoms with van der Waals surface area (Å²) >= 11 is 0. The van der Waals surface area contributed by atoms with Crippen molar-refractivity contribution in [3.8, 4) is 0 Å².